The maximum absolute atomic E-state index is 8.77. The first kappa shape index (κ1) is 14.4. The van der Waals surface area contributed by atoms with E-state index >= 15 is 0 Å². The van der Waals surface area contributed by atoms with E-state index in [2.05, 4.69) is 29.6 Å². The number of benzene rings is 3. The summed E-state index contributed by atoms with van der Waals surface area (Å²) in [6.07, 6.45) is 1.42. The molecule has 108 valence electrons. The number of fused-ring (bicyclic) bond motifs is 1. The summed E-state index contributed by atoms with van der Waals surface area (Å²) in [7, 11) is 0. The van der Waals surface area contributed by atoms with Crippen LogP contribution in [0, 0.1) is 22.7 Å². The number of nitrogens with zero attached hydrogens (tertiary/aromatic N) is 2. The predicted molar refractivity (Wildman–Crippen MR) is 92.3 cm³/mol. The molecular formula is C20H13N3. The average molecular weight is 295 g/mol. The Hall–Kier alpha value is -3.56. The number of hydrogen-bond acceptors (Lipinski definition) is 3. The number of hydrogen-bond donors (Lipinski definition) is 1. The summed E-state index contributed by atoms with van der Waals surface area (Å²) in [5.74, 6) is 0. The lowest BCUT2D eigenvalue weighted by Gasteiger charge is -2.09. The molecule has 0 unspecified atom stereocenters. The standard InChI is InChI=1S/C20H13N3/c21-12-15(13-22)14-23-18-8-3-7-17(11-18)20-10-4-6-16-5-1-2-9-19(16)20/h1-11,14,23H. The minimum atomic E-state index is 0.0422. The van der Waals surface area contributed by atoms with E-state index in [4.69, 9.17) is 10.5 Å². The van der Waals surface area contributed by atoms with Gasteiger partial charge in [-0.05, 0) is 34.0 Å². The highest BCUT2D eigenvalue weighted by molar-refractivity contribution is 5.97. The number of rotatable bonds is 3. The molecule has 0 aliphatic heterocycles. The van der Waals surface area contributed by atoms with Gasteiger partial charge < -0.3 is 5.32 Å². The first-order valence-electron chi connectivity index (χ1n) is 7.17. The van der Waals surface area contributed by atoms with Gasteiger partial charge in [-0.15, -0.1) is 0 Å². The molecule has 0 fully saturated rings. The molecule has 1 N–H and O–H groups in total. The summed E-state index contributed by atoms with van der Waals surface area (Å²) < 4.78 is 0. The number of allylic oxidation sites excluding steroid dienone is 1. The molecule has 0 spiro atoms. The predicted octanol–water partition coefficient (Wildman–Crippen LogP) is 4.85. The van der Waals surface area contributed by atoms with Gasteiger partial charge in [-0.3, -0.25) is 0 Å². The van der Waals surface area contributed by atoms with Crippen molar-refractivity contribution >= 4 is 16.5 Å². The van der Waals surface area contributed by atoms with Crippen LogP contribution in [0.3, 0.4) is 0 Å². The van der Waals surface area contributed by atoms with E-state index in [1.165, 1.54) is 17.0 Å². The molecule has 3 nitrogen and oxygen atoms in total. The third-order valence-corrected chi connectivity index (χ3v) is 3.59. The fraction of sp³-hybridized carbons (Fsp3) is 0. The first-order valence-corrected chi connectivity index (χ1v) is 7.17. The summed E-state index contributed by atoms with van der Waals surface area (Å²) in [6, 6.07) is 26.0. The lowest BCUT2D eigenvalue weighted by atomic mass is 9.98. The van der Waals surface area contributed by atoms with Gasteiger partial charge in [0.1, 0.15) is 17.7 Å². The topological polar surface area (TPSA) is 59.6 Å². The van der Waals surface area contributed by atoms with Crippen molar-refractivity contribution in [2.45, 2.75) is 0 Å². The normalized spacial score (nSPS) is 9.65. The molecule has 0 amide bonds. The molecule has 0 saturated carbocycles. The third kappa shape index (κ3) is 3.05. The summed E-state index contributed by atoms with van der Waals surface area (Å²) in [5.41, 5.74) is 3.10. The van der Waals surface area contributed by atoms with Gasteiger partial charge in [-0.25, -0.2) is 0 Å². The Morgan fingerprint density at radius 1 is 0.870 bits per heavy atom. The van der Waals surface area contributed by atoms with Gasteiger partial charge in [-0.1, -0.05) is 54.6 Å². The maximum Gasteiger partial charge on any atom is 0.145 e. The Bertz CT molecular complexity index is 951. The van der Waals surface area contributed by atoms with E-state index in [0.717, 1.165) is 16.8 Å². The Morgan fingerprint density at radius 2 is 1.61 bits per heavy atom. The van der Waals surface area contributed by atoms with E-state index in [9.17, 15) is 0 Å². The second-order valence-electron chi connectivity index (χ2n) is 5.03. The SMILES string of the molecule is N#CC(C#N)=CNc1cccc(-c2cccc3ccccc23)c1. The number of nitriles is 2. The average Bonchev–Trinajstić information content (AvgIpc) is 2.62. The molecule has 3 aromatic carbocycles. The van der Waals surface area contributed by atoms with Crippen molar-refractivity contribution < 1.29 is 0 Å². The van der Waals surface area contributed by atoms with Gasteiger partial charge in [0.05, 0.1) is 0 Å². The van der Waals surface area contributed by atoms with E-state index < -0.39 is 0 Å². The fourth-order valence-electron chi connectivity index (χ4n) is 2.50. The lowest BCUT2D eigenvalue weighted by Crippen LogP contribution is -1.90. The highest BCUT2D eigenvalue weighted by Gasteiger charge is 2.04. The molecule has 0 atom stereocenters. The van der Waals surface area contributed by atoms with Crippen LogP contribution in [-0.4, -0.2) is 0 Å². The van der Waals surface area contributed by atoms with Crippen LogP contribution in [0.2, 0.25) is 0 Å². The zero-order chi connectivity index (χ0) is 16.1. The van der Waals surface area contributed by atoms with Crippen molar-refractivity contribution in [1.29, 1.82) is 10.5 Å². The Morgan fingerprint density at radius 3 is 2.43 bits per heavy atom. The molecule has 0 bridgehead atoms. The molecular weight excluding hydrogens is 282 g/mol. The molecule has 0 aliphatic rings. The molecule has 0 radical (unpaired) electrons. The largest absolute Gasteiger partial charge is 0.360 e. The molecule has 23 heavy (non-hydrogen) atoms. The quantitative estimate of drug-likeness (QED) is 0.703. The van der Waals surface area contributed by atoms with E-state index in [-0.39, 0.29) is 5.57 Å². The smallest absolute Gasteiger partial charge is 0.145 e. The van der Waals surface area contributed by atoms with Crippen molar-refractivity contribution in [2.75, 3.05) is 5.32 Å². The summed E-state index contributed by atoms with van der Waals surface area (Å²) in [5, 5.41) is 22.9. The van der Waals surface area contributed by atoms with Crippen LogP contribution < -0.4 is 5.32 Å². The fourth-order valence-corrected chi connectivity index (χ4v) is 2.50. The highest BCUT2D eigenvalue weighted by atomic mass is 14.8. The van der Waals surface area contributed by atoms with Crippen molar-refractivity contribution in [3.05, 3.63) is 78.5 Å². The van der Waals surface area contributed by atoms with Crippen LogP contribution in [0.25, 0.3) is 21.9 Å². The van der Waals surface area contributed by atoms with Crippen molar-refractivity contribution in [1.82, 2.24) is 0 Å². The van der Waals surface area contributed by atoms with Crippen LogP contribution in [0.1, 0.15) is 0 Å². The molecule has 3 rings (SSSR count). The molecule has 0 heterocycles. The Balaban J connectivity index is 2.01. The van der Waals surface area contributed by atoms with Crippen LogP contribution in [-0.2, 0) is 0 Å². The second-order valence-corrected chi connectivity index (χ2v) is 5.03. The zero-order valence-electron chi connectivity index (χ0n) is 12.3. The van der Waals surface area contributed by atoms with E-state index in [0.29, 0.717) is 0 Å². The van der Waals surface area contributed by atoms with Gasteiger partial charge >= 0.3 is 0 Å². The minimum absolute atomic E-state index is 0.0422. The van der Waals surface area contributed by atoms with Gasteiger partial charge in [0.15, 0.2) is 0 Å². The molecule has 3 heteroatoms. The molecule has 0 aliphatic carbocycles. The van der Waals surface area contributed by atoms with Crippen LogP contribution in [0.4, 0.5) is 5.69 Å². The maximum atomic E-state index is 8.77. The molecule has 3 aromatic rings. The first-order chi connectivity index (χ1) is 11.3. The van der Waals surface area contributed by atoms with Gasteiger partial charge in [0, 0.05) is 11.9 Å². The second kappa shape index (κ2) is 6.47. The molecule has 0 saturated heterocycles. The van der Waals surface area contributed by atoms with Crippen molar-refractivity contribution in [3.8, 4) is 23.3 Å². The zero-order valence-corrected chi connectivity index (χ0v) is 12.3. The third-order valence-electron chi connectivity index (χ3n) is 3.59. The van der Waals surface area contributed by atoms with Gasteiger partial charge in [-0.2, -0.15) is 10.5 Å². The summed E-state index contributed by atoms with van der Waals surface area (Å²) in [6.45, 7) is 0. The van der Waals surface area contributed by atoms with Gasteiger partial charge in [0.2, 0.25) is 0 Å². The Kier molecular flexibility index (Phi) is 4.05. The van der Waals surface area contributed by atoms with Crippen LogP contribution in [0.5, 0.6) is 0 Å². The number of nitrogens with one attached hydrogen (secondary N) is 1. The highest BCUT2D eigenvalue weighted by Crippen LogP contribution is 2.30. The van der Waals surface area contributed by atoms with E-state index in [1.807, 2.05) is 54.6 Å². The van der Waals surface area contributed by atoms with Gasteiger partial charge in [0.25, 0.3) is 0 Å². The Labute approximate surface area is 134 Å². The van der Waals surface area contributed by atoms with Crippen molar-refractivity contribution in [2.24, 2.45) is 0 Å². The van der Waals surface area contributed by atoms with Crippen LogP contribution in [0.15, 0.2) is 78.5 Å². The number of anilines is 1. The molecule has 0 aromatic heterocycles. The minimum Gasteiger partial charge on any atom is -0.360 e. The van der Waals surface area contributed by atoms with Crippen molar-refractivity contribution in [3.63, 3.8) is 0 Å². The van der Waals surface area contributed by atoms with Crippen LogP contribution >= 0.6 is 0 Å². The lowest BCUT2D eigenvalue weighted by molar-refractivity contribution is 1.44. The summed E-state index contributed by atoms with van der Waals surface area (Å²) >= 11 is 0. The van der Waals surface area contributed by atoms with E-state index in [1.54, 1.807) is 0 Å². The monoisotopic (exact) mass is 295 g/mol. The summed E-state index contributed by atoms with van der Waals surface area (Å²) in [4.78, 5) is 0.